The summed E-state index contributed by atoms with van der Waals surface area (Å²) in [6.45, 7) is 0.357. The number of ketones is 1. The van der Waals surface area contributed by atoms with Gasteiger partial charge < -0.3 is 5.73 Å². The van der Waals surface area contributed by atoms with Crippen molar-refractivity contribution in [2.24, 2.45) is 5.73 Å². The lowest BCUT2D eigenvalue weighted by Gasteiger charge is -1.94. The zero-order valence-corrected chi connectivity index (χ0v) is 6.03. The van der Waals surface area contributed by atoms with Gasteiger partial charge in [-0.2, -0.15) is 0 Å². The molecule has 0 spiro atoms. The Labute approximate surface area is 64.5 Å². The molecule has 4 heteroatoms. The van der Waals surface area contributed by atoms with Crippen LogP contribution in [0.2, 0.25) is 0 Å². The van der Waals surface area contributed by atoms with Crippen LogP contribution >= 0.6 is 0 Å². The van der Waals surface area contributed by atoms with Gasteiger partial charge in [-0.15, -0.1) is 0 Å². The van der Waals surface area contributed by atoms with E-state index in [2.05, 4.69) is 9.97 Å². The molecule has 0 atom stereocenters. The smallest absolute Gasteiger partial charge is 0.184 e. The van der Waals surface area contributed by atoms with Crippen LogP contribution in [0.3, 0.4) is 0 Å². The van der Waals surface area contributed by atoms with Gasteiger partial charge in [0.2, 0.25) is 0 Å². The predicted molar refractivity (Wildman–Crippen MR) is 40.0 cm³/mol. The lowest BCUT2D eigenvalue weighted by molar-refractivity contribution is 0.0980. The third-order valence-corrected chi connectivity index (χ3v) is 1.22. The van der Waals surface area contributed by atoms with Gasteiger partial charge in [-0.3, -0.25) is 9.78 Å². The van der Waals surface area contributed by atoms with Crippen LogP contribution < -0.4 is 5.73 Å². The maximum absolute atomic E-state index is 11.1. The second kappa shape index (κ2) is 3.78. The first-order valence-corrected chi connectivity index (χ1v) is 3.34. The zero-order valence-electron chi connectivity index (χ0n) is 6.03. The van der Waals surface area contributed by atoms with E-state index in [4.69, 9.17) is 5.73 Å². The van der Waals surface area contributed by atoms with Gasteiger partial charge >= 0.3 is 0 Å². The minimum absolute atomic E-state index is 0.0550. The Morgan fingerprint density at radius 3 is 2.91 bits per heavy atom. The maximum atomic E-state index is 11.1. The Balaban J connectivity index is 2.69. The van der Waals surface area contributed by atoms with Crippen LogP contribution in [0.1, 0.15) is 16.9 Å². The summed E-state index contributed by atoms with van der Waals surface area (Å²) in [7, 11) is 0. The molecule has 58 valence electrons. The molecular weight excluding hydrogens is 142 g/mol. The maximum Gasteiger partial charge on any atom is 0.184 e. The van der Waals surface area contributed by atoms with Crippen molar-refractivity contribution < 1.29 is 4.79 Å². The van der Waals surface area contributed by atoms with Crippen LogP contribution in [0.15, 0.2) is 18.6 Å². The largest absolute Gasteiger partial charge is 0.330 e. The van der Waals surface area contributed by atoms with Crippen LogP contribution in [-0.2, 0) is 0 Å². The molecule has 1 aromatic heterocycles. The van der Waals surface area contributed by atoms with Gasteiger partial charge in [0.1, 0.15) is 5.69 Å². The molecule has 1 heterocycles. The highest BCUT2D eigenvalue weighted by molar-refractivity contribution is 5.93. The monoisotopic (exact) mass is 151 g/mol. The average molecular weight is 151 g/mol. The second-order valence-electron chi connectivity index (χ2n) is 2.05. The molecule has 0 saturated heterocycles. The lowest BCUT2D eigenvalue weighted by atomic mass is 10.2. The number of aromatic nitrogens is 2. The molecule has 0 radical (unpaired) electrons. The van der Waals surface area contributed by atoms with Crippen LogP contribution in [0.4, 0.5) is 0 Å². The molecule has 0 aliphatic heterocycles. The topological polar surface area (TPSA) is 68.9 Å². The molecule has 0 unspecified atom stereocenters. The Morgan fingerprint density at radius 2 is 2.36 bits per heavy atom. The van der Waals surface area contributed by atoms with Crippen LogP contribution in [0, 0.1) is 0 Å². The van der Waals surface area contributed by atoms with E-state index in [1.807, 2.05) is 0 Å². The molecule has 0 saturated carbocycles. The third kappa shape index (κ3) is 2.09. The molecule has 11 heavy (non-hydrogen) atoms. The summed E-state index contributed by atoms with van der Waals surface area (Å²) in [4.78, 5) is 18.7. The Kier molecular flexibility index (Phi) is 2.68. The van der Waals surface area contributed by atoms with Crippen molar-refractivity contribution in [2.75, 3.05) is 6.54 Å². The van der Waals surface area contributed by atoms with E-state index in [0.29, 0.717) is 18.7 Å². The fourth-order valence-electron chi connectivity index (χ4n) is 0.702. The molecule has 0 aromatic carbocycles. The minimum Gasteiger partial charge on any atom is -0.330 e. The first-order chi connectivity index (χ1) is 5.34. The Hall–Kier alpha value is -1.29. The lowest BCUT2D eigenvalue weighted by Crippen LogP contribution is -2.09. The molecule has 4 nitrogen and oxygen atoms in total. The van der Waals surface area contributed by atoms with E-state index in [1.54, 1.807) is 0 Å². The molecule has 0 aliphatic carbocycles. The Morgan fingerprint density at radius 1 is 1.55 bits per heavy atom. The molecule has 1 aromatic rings. The van der Waals surface area contributed by atoms with E-state index >= 15 is 0 Å². The quantitative estimate of drug-likeness (QED) is 0.618. The van der Waals surface area contributed by atoms with Gasteiger partial charge in [0.25, 0.3) is 0 Å². The molecule has 2 N–H and O–H groups in total. The zero-order chi connectivity index (χ0) is 8.10. The van der Waals surface area contributed by atoms with Crippen LogP contribution in [-0.4, -0.2) is 22.3 Å². The van der Waals surface area contributed by atoms with Crippen molar-refractivity contribution in [1.29, 1.82) is 0 Å². The van der Waals surface area contributed by atoms with Crippen molar-refractivity contribution in [3.63, 3.8) is 0 Å². The normalized spacial score (nSPS) is 9.55. The van der Waals surface area contributed by atoms with Crippen LogP contribution in [0.25, 0.3) is 0 Å². The fraction of sp³-hybridized carbons (Fsp3) is 0.286. The number of nitrogens with two attached hydrogens (primary N) is 1. The summed E-state index contributed by atoms with van der Waals surface area (Å²) < 4.78 is 0. The van der Waals surface area contributed by atoms with E-state index in [-0.39, 0.29) is 5.78 Å². The fourth-order valence-corrected chi connectivity index (χ4v) is 0.702. The highest BCUT2D eigenvalue weighted by Gasteiger charge is 2.03. The predicted octanol–water partition coefficient (Wildman–Crippen LogP) is 0.00810. The first kappa shape index (κ1) is 7.81. The highest BCUT2D eigenvalue weighted by Crippen LogP contribution is 1.94. The summed E-state index contributed by atoms with van der Waals surface area (Å²) >= 11 is 0. The summed E-state index contributed by atoms with van der Waals surface area (Å²) in [6, 6.07) is 0. The number of rotatable bonds is 3. The molecule has 0 aliphatic rings. The molecule has 0 fully saturated rings. The summed E-state index contributed by atoms with van der Waals surface area (Å²) in [5, 5.41) is 0. The molecule has 0 amide bonds. The van der Waals surface area contributed by atoms with E-state index in [0.717, 1.165) is 0 Å². The standard InChI is InChI=1S/C7H9N3O/c8-2-1-7(11)6-5-9-3-4-10-6/h3-5H,1-2,8H2. The number of carbonyl (C=O) groups is 1. The van der Waals surface area contributed by atoms with Gasteiger partial charge in [-0.25, -0.2) is 4.98 Å². The number of nitrogens with zero attached hydrogens (tertiary/aromatic N) is 2. The summed E-state index contributed by atoms with van der Waals surface area (Å²) in [6.07, 6.45) is 4.79. The molecule has 1 rings (SSSR count). The Bertz CT molecular complexity index is 235. The second-order valence-corrected chi connectivity index (χ2v) is 2.05. The third-order valence-electron chi connectivity index (χ3n) is 1.22. The number of carbonyl (C=O) groups excluding carboxylic acids is 1. The van der Waals surface area contributed by atoms with Gasteiger partial charge in [-0.1, -0.05) is 0 Å². The summed E-state index contributed by atoms with van der Waals surface area (Å²) in [5.41, 5.74) is 5.58. The minimum atomic E-state index is -0.0550. The first-order valence-electron chi connectivity index (χ1n) is 3.34. The molecule has 0 bridgehead atoms. The van der Waals surface area contributed by atoms with Crippen molar-refractivity contribution in [1.82, 2.24) is 9.97 Å². The van der Waals surface area contributed by atoms with Crippen molar-refractivity contribution in [2.45, 2.75) is 6.42 Å². The van der Waals surface area contributed by atoms with E-state index in [1.165, 1.54) is 18.6 Å². The van der Waals surface area contributed by atoms with Crippen molar-refractivity contribution >= 4 is 5.78 Å². The average Bonchev–Trinajstić information content (AvgIpc) is 2.07. The van der Waals surface area contributed by atoms with Gasteiger partial charge in [-0.05, 0) is 6.54 Å². The van der Waals surface area contributed by atoms with Crippen LogP contribution in [0.5, 0.6) is 0 Å². The van der Waals surface area contributed by atoms with E-state index < -0.39 is 0 Å². The van der Waals surface area contributed by atoms with Gasteiger partial charge in [0.15, 0.2) is 5.78 Å². The summed E-state index contributed by atoms with van der Waals surface area (Å²) in [5.74, 6) is -0.0550. The molecular formula is C7H9N3O. The van der Waals surface area contributed by atoms with Gasteiger partial charge in [0, 0.05) is 18.8 Å². The van der Waals surface area contributed by atoms with Crippen molar-refractivity contribution in [3.05, 3.63) is 24.3 Å². The number of Topliss-reactive ketones (excluding diaryl/α,β-unsaturated/α-hetero) is 1. The highest BCUT2D eigenvalue weighted by atomic mass is 16.1. The number of hydrogen-bond acceptors (Lipinski definition) is 4. The van der Waals surface area contributed by atoms with E-state index in [9.17, 15) is 4.79 Å². The van der Waals surface area contributed by atoms with Gasteiger partial charge in [0.05, 0.1) is 6.20 Å². The SMILES string of the molecule is NCCC(=O)c1cnccn1. The number of hydrogen-bond donors (Lipinski definition) is 1. The van der Waals surface area contributed by atoms with Crippen molar-refractivity contribution in [3.8, 4) is 0 Å².